The number of benzene rings is 3. The molecule has 10 heteroatoms. The molecular weight excluding hydrogens is 573 g/mol. The molecule has 0 bridgehead atoms. The van der Waals surface area contributed by atoms with Gasteiger partial charge in [0.2, 0.25) is 5.91 Å². The molecule has 0 radical (unpaired) electrons. The minimum atomic E-state index is -1.34. The van der Waals surface area contributed by atoms with E-state index in [0.717, 1.165) is 0 Å². The number of rotatable bonds is 6. The summed E-state index contributed by atoms with van der Waals surface area (Å²) in [5.74, 6) is -2.03. The van der Waals surface area contributed by atoms with Crippen LogP contribution in [-0.2, 0) is 11.2 Å². The molecule has 1 N–H and O–H groups in total. The molecule has 1 aliphatic carbocycles. The molecule has 2 atom stereocenters. The number of nitriles is 1. The first-order chi connectivity index (χ1) is 16.5. The van der Waals surface area contributed by atoms with Crippen LogP contribution in [0.2, 0.25) is 20.1 Å². The summed E-state index contributed by atoms with van der Waals surface area (Å²) in [6.45, 7) is 0. The molecule has 1 saturated carbocycles. The van der Waals surface area contributed by atoms with Gasteiger partial charge in [0, 0.05) is 38.7 Å². The summed E-state index contributed by atoms with van der Waals surface area (Å²) in [7, 11) is 0. The van der Waals surface area contributed by atoms with E-state index in [9.17, 15) is 14.9 Å². The number of nitrogens with one attached hydrogen (secondary N) is 1. The molecule has 178 valence electrons. The Bertz CT molecular complexity index is 1380. The van der Waals surface area contributed by atoms with E-state index in [2.05, 4.69) is 5.32 Å². The minimum Gasteiger partial charge on any atom is -0.326 e. The fourth-order valence-corrected chi connectivity index (χ4v) is 5.70. The van der Waals surface area contributed by atoms with Crippen LogP contribution in [-0.4, -0.2) is 16.0 Å². The van der Waals surface area contributed by atoms with Crippen molar-refractivity contribution >= 4 is 87.0 Å². The highest BCUT2D eigenvalue weighted by atomic mass is 35.5. The third kappa shape index (κ3) is 5.57. The van der Waals surface area contributed by atoms with Gasteiger partial charge in [-0.15, -0.1) is 23.2 Å². The summed E-state index contributed by atoms with van der Waals surface area (Å²) in [4.78, 5) is 26.0. The van der Waals surface area contributed by atoms with Crippen LogP contribution in [0, 0.1) is 17.2 Å². The Morgan fingerprint density at radius 1 is 0.914 bits per heavy atom. The lowest BCUT2D eigenvalue weighted by molar-refractivity contribution is -0.117. The first-order valence-corrected chi connectivity index (χ1v) is 12.4. The zero-order valence-corrected chi connectivity index (χ0v) is 22.1. The van der Waals surface area contributed by atoms with Gasteiger partial charge in [-0.25, -0.2) is 0 Å². The van der Waals surface area contributed by atoms with Gasteiger partial charge in [-0.2, -0.15) is 5.26 Å². The SMILES string of the molecule is N#Cc1cc(Cl)ccc1CC(=O)c1cc(NC(=O)C2C(c3cc(Cl)cc(Cl)c3)C2(Cl)Cl)ccc1Cl. The minimum absolute atomic E-state index is 0.0656. The number of amides is 1. The molecule has 0 aromatic heterocycles. The van der Waals surface area contributed by atoms with Crippen LogP contribution in [0.3, 0.4) is 0 Å². The summed E-state index contributed by atoms with van der Waals surface area (Å²) in [6.07, 6.45) is -0.0656. The maximum atomic E-state index is 13.0. The van der Waals surface area contributed by atoms with Crippen LogP contribution in [0.5, 0.6) is 0 Å². The van der Waals surface area contributed by atoms with E-state index in [4.69, 9.17) is 69.6 Å². The second kappa shape index (κ2) is 10.2. The van der Waals surface area contributed by atoms with Gasteiger partial charge in [-0.1, -0.05) is 52.5 Å². The maximum Gasteiger partial charge on any atom is 0.231 e. The fourth-order valence-electron chi connectivity index (χ4n) is 3.93. The summed E-state index contributed by atoms with van der Waals surface area (Å²) in [5.41, 5.74) is 2.00. The summed E-state index contributed by atoms with van der Waals surface area (Å²) in [6, 6.07) is 16.2. The van der Waals surface area contributed by atoms with Crippen molar-refractivity contribution in [2.24, 2.45) is 5.92 Å². The average molecular weight is 587 g/mol. The highest BCUT2D eigenvalue weighted by molar-refractivity contribution is 6.53. The molecule has 0 heterocycles. The number of hydrogen-bond acceptors (Lipinski definition) is 3. The van der Waals surface area contributed by atoms with E-state index in [1.54, 1.807) is 36.4 Å². The first-order valence-electron chi connectivity index (χ1n) is 10.2. The Hall–Kier alpha value is -1.97. The van der Waals surface area contributed by atoms with Gasteiger partial charge in [-0.05, 0) is 59.7 Å². The van der Waals surface area contributed by atoms with Crippen molar-refractivity contribution in [3.63, 3.8) is 0 Å². The molecule has 2 unspecified atom stereocenters. The van der Waals surface area contributed by atoms with Crippen LogP contribution >= 0.6 is 69.6 Å². The summed E-state index contributed by atoms with van der Waals surface area (Å²) >= 11 is 37.2. The van der Waals surface area contributed by atoms with E-state index in [-0.39, 0.29) is 22.8 Å². The predicted octanol–water partition coefficient (Wildman–Crippen LogP) is 8.12. The summed E-state index contributed by atoms with van der Waals surface area (Å²) in [5, 5.41) is 13.5. The van der Waals surface area contributed by atoms with E-state index >= 15 is 0 Å². The van der Waals surface area contributed by atoms with Gasteiger partial charge in [-0.3, -0.25) is 9.59 Å². The summed E-state index contributed by atoms with van der Waals surface area (Å²) < 4.78 is -1.34. The predicted molar refractivity (Wildman–Crippen MR) is 141 cm³/mol. The number of carbonyl (C=O) groups excluding carboxylic acids is 2. The van der Waals surface area contributed by atoms with Crippen LogP contribution in [0.4, 0.5) is 5.69 Å². The number of alkyl halides is 2. The van der Waals surface area contributed by atoms with E-state index < -0.39 is 22.1 Å². The molecule has 3 aromatic rings. The second-order valence-corrected chi connectivity index (χ2v) is 11.2. The van der Waals surface area contributed by atoms with Crippen molar-refractivity contribution in [2.75, 3.05) is 5.32 Å². The topological polar surface area (TPSA) is 70.0 Å². The van der Waals surface area contributed by atoms with Gasteiger partial charge >= 0.3 is 0 Å². The van der Waals surface area contributed by atoms with Gasteiger partial charge in [0.25, 0.3) is 0 Å². The first kappa shape index (κ1) is 26.1. The van der Waals surface area contributed by atoms with Crippen molar-refractivity contribution in [3.8, 4) is 6.07 Å². The smallest absolute Gasteiger partial charge is 0.231 e. The normalized spacial score (nSPS) is 18.0. The van der Waals surface area contributed by atoms with Crippen LogP contribution < -0.4 is 5.32 Å². The largest absolute Gasteiger partial charge is 0.326 e. The Kier molecular flexibility index (Phi) is 7.60. The number of halogens is 6. The lowest BCUT2D eigenvalue weighted by Gasteiger charge is -2.10. The van der Waals surface area contributed by atoms with Crippen molar-refractivity contribution < 1.29 is 9.59 Å². The Morgan fingerprint density at radius 3 is 2.26 bits per heavy atom. The van der Waals surface area contributed by atoms with E-state index in [1.165, 1.54) is 18.2 Å². The molecule has 4 nitrogen and oxygen atoms in total. The Labute approximate surface area is 231 Å². The van der Waals surface area contributed by atoms with Gasteiger partial charge in [0.05, 0.1) is 22.6 Å². The number of Topliss-reactive ketones (excluding diaryl/α,β-unsaturated/α-hetero) is 1. The quantitative estimate of drug-likeness (QED) is 0.234. The monoisotopic (exact) mass is 584 g/mol. The highest BCUT2D eigenvalue weighted by Crippen LogP contribution is 2.65. The van der Waals surface area contributed by atoms with Crippen LogP contribution in [0.15, 0.2) is 54.6 Å². The molecule has 0 aliphatic heterocycles. The number of anilines is 1. The molecule has 0 saturated heterocycles. The maximum absolute atomic E-state index is 13.0. The molecule has 1 amide bonds. The van der Waals surface area contributed by atoms with Crippen molar-refractivity contribution in [1.82, 2.24) is 0 Å². The average Bonchev–Trinajstić information content (AvgIpc) is 3.37. The van der Waals surface area contributed by atoms with Gasteiger partial charge < -0.3 is 5.32 Å². The number of hydrogen-bond donors (Lipinski definition) is 1. The third-order valence-electron chi connectivity index (χ3n) is 5.66. The lowest BCUT2D eigenvalue weighted by Crippen LogP contribution is -2.17. The lowest BCUT2D eigenvalue weighted by atomic mass is 9.99. The van der Waals surface area contributed by atoms with Crippen LogP contribution in [0.25, 0.3) is 0 Å². The Balaban J connectivity index is 1.53. The zero-order chi connectivity index (χ0) is 25.5. The molecule has 35 heavy (non-hydrogen) atoms. The number of nitrogens with zero attached hydrogens (tertiary/aromatic N) is 1. The molecular formula is C25H14Cl6N2O2. The fraction of sp³-hybridized carbons (Fsp3) is 0.160. The van der Waals surface area contributed by atoms with Crippen molar-refractivity contribution in [3.05, 3.63) is 96.9 Å². The molecule has 4 rings (SSSR count). The highest BCUT2D eigenvalue weighted by Gasteiger charge is 2.67. The van der Waals surface area contributed by atoms with Gasteiger partial charge in [0.15, 0.2) is 5.78 Å². The van der Waals surface area contributed by atoms with Crippen molar-refractivity contribution in [1.29, 1.82) is 5.26 Å². The standard InChI is InChI=1S/C25H14Cl6N2O2/c26-15-2-1-12(14(7-15)11-32)8-21(34)19-10-18(3-4-20(19)29)33-24(35)23-22(25(23,30)31)13-5-16(27)9-17(28)6-13/h1-7,9-10,22-23H,8H2,(H,33,35). The molecule has 0 spiro atoms. The molecule has 1 fully saturated rings. The Morgan fingerprint density at radius 2 is 1.60 bits per heavy atom. The molecule has 3 aromatic carbocycles. The van der Waals surface area contributed by atoms with E-state index in [0.29, 0.717) is 37.4 Å². The molecule has 1 aliphatic rings. The third-order valence-corrected chi connectivity index (χ3v) is 7.60. The number of carbonyl (C=O) groups is 2. The van der Waals surface area contributed by atoms with E-state index in [1.807, 2.05) is 6.07 Å². The van der Waals surface area contributed by atoms with Crippen molar-refractivity contribution in [2.45, 2.75) is 16.7 Å². The van der Waals surface area contributed by atoms with Gasteiger partial charge in [0.1, 0.15) is 4.33 Å². The second-order valence-electron chi connectivity index (χ2n) is 8.03. The van der Waals surface area contributed by atoms with Crippen LogP contribution in [0.1, 0.15) is 33.0 Å². The number of ketones is 1. The zero-order valence-electron chi connectivity index (χ0n) is 17.6.